The van der Waals surface area contributed by atoms with Crippen LogP contribution in [0.2, 0.25) is 0 Å². The molecule has 0 aromatic carbocycles. The molecule has 3 rings (SSSR count). The number of imidazole rings is 1. The zero-order valence-corrected chi connectivity index (χ0v) is 16.1. The molecule has 2 saturated heterocycles. The van der Waals surface area contributed by atoms with E-state index >= 15 is 0 Å². The van der Waals surface area contributed by atoms with Crippen LogP contribution in [0.3, 0.4) is 0 Å². The highest BCUT2D eigenvalue weighted by molar-refractivity contribution is 5.98. The summed E-state index contributed by atoms with van der Waals surface area (Å²) in [5.74, 6) is -2.03. The molecule has 2 aliphatic rings. The second-order valence-electron chi connectivity index (χ2n) is 8.33. The zero-order chi connectivity index (χ0) is 20.7. The van der Waals surface area contributed by atoms with E-state index in [4.69, 9.17) is 11.5 Å². The summed E-state index contributed by atoms with van der Waals surface area (Å²) in [5.41, 5.74) is 11.6. The van der Waals surface area contributed by atoms with Crippen LogP contribution < -0.4 is 16.8 Å². The van der Waals surface area contributed by atoms with Gasteiger partial charge in [-0.3, -0.25) is 9.59 Å². The number of amides is 4. The Morgan fingerprint density at radius 2 is 2.11 bits per heavy atom. The normalized spacial score (nSPS) is 30.0. The second kappa shape index (κ2) is 7.10. The first-order chi connectivity index (χ1) is 13.1. The van der Waals surface area contributed by atoms with Crippen LogP contribution in [-0.2, 0) is 25.6 Å². The number of primary amides is 1. The van der Waals surface area contributed by atoms with Crippen LogP contribution >= 0.6 is 0 Å². The maximum absolute atomic E-state index is 13.5. The molecule has 4 amide bonds. The number of nitrogens with zero attached hydrogens (tertiary/aromatic N) is 2. The number of aromatic nitrogens is 2. The van der Waals surface area contributed by atoms with Gasteiger partial charge in [0.15, 0.2) is 6.04 Å². The molecule has 152 valence electrons. The van der Waals surface area contributed by atoms with E-state index in [1.54, 1.807) is 20.0 Å². The van der Waals surface area contributed by atoms with E-state index in [1.165, 1.54) is 6.33 Å². The maximum atomic E-state index is 13.5. The molecule has 0 radical (unpaired) electrons. The summed E-state index contributed by atoms with van der Waals surface area (Å²) >= 11 is 0. The van der Waals surface area contributed by atoms with Crippen molar-refractivity contribution in [1.29, 1.82) is 0 Å². The van der Waals surface area contributed by atoms with Gasteiger partial charge in [-0.05, 0) is 6.42 Å². The molecule has 10 nitrogen and oxygen atoms in total. The average molecular weight is 391 g/mol. The van der Waals surface area contributed by atoms with E-state index in [9.17, 15) is 19.2 Å². The summed E-state index contributed by atoms with van der Waals surface area (Å²) in [5, 5.41) is 2.68. The molecular formula is C18H27N6O4+. The van der Waals surface area contributed by atoms with E-state index < -0.39 is 45.7 Å². The van der Waals surface area contributed by atoms with Crippen LogP contribution in [0.15, 0.2) is 12.5 Å². The number of H-pyrrole nitrogens is 1. The Balaban J connectivity index is 1.94. The first kappa shape index (κ1) is 20.2. The summed E-state index contributed by atoms with van der Waals surface area (Å²) < 4.78 is -0.730. The van der Waals surface area contributed by atoms with Gasteiger partial charge in [0.25, 0.3) is 5.91 Å². The number of likely N-dealkylation sites (tertiary alicyclic amines) is 1. The van der Waals surface area contributed by atoms with Crippen LogP contribution in [0.4, 0.5) is 0 Å². The number of hydrogen-bond acceptors (Lipinski definition) is 6. The summed E-state index contributed by atoms with van der Waals surface area (Å²) in [7, 11) is 0. The zero-order valence-electron chi connectivity index (χ0n) is 16.1. The topological polar surface area (TPSA) is 161 Å². The Morgan fingerprint density at radius 3 is 2.64 bits per heavy atom. The van der Waals surface area contributed by atoms with Crippen molar-refractivity contribution in [2.75, 3.05) is 6.54 Å². The number of hydrogen-bond donors (Lipinski definition) is 4. The fraction of sp³-hybridized carbons (Fsp3) is 0.611. The van der Waals surface area contributed by atoms with Gasteiger partial charge in [-0.2, -0.15) is 4.48 Å². The maximum Gasteiger partial charge on any atom is 0.344 e. The molecule has 28 heavy (non-hydrogen) atoms. The van der Waals surface area contributed by atoms with E-state index in [0.717, 1.165) is 0 Å². The van der Waals surface area contributed by atoms with Crippen molar-refractivity contribution >= 4 is 23.6 Å². The molecule has 3 heterocycles. The SMILES string of the molecule is CC1(C)C[C@@H](C(=O)[N+]2(C(=O)[C@@H](N)Cc3cnc[nH]3)CCC[C@H]2C(N)=O)NC1=O. The van der Waals surface area contributed by atoms with E-state index in [-0.39, 0.29) is 25.3 Å². The number of aromatic amines is 1. The number of nitrogens with two attached hydrogens (primary N) is 2. The number of carbonyl (C=O) groups is 4. The smallest absolute Gasteiger partial charge is 0.344 e. The molecule has 2 aliphatic heterocycles. The largest absolute Gasteiger partial charge is 0.364 e. The predicted molar refractivity (Wildman–Crippen MR) is 98.0 cm³/mol. The first-order valence-electron chi connectivity index (χ1n) is 9.39. The van der Waals surface area contributed by atoms with Crippen LogP contribution in [-0.4, -0.2) is 62.7 Å². The summed E-state index contributed by atoms with van der Waals surface area (Å²) in [4.78, 5) is 58.0. The minimum absolute atomic E-state index is 0.148. The lowest BCUT2D eigenvalue weighted by atomic mass is 9.89. The van der Waals surface area contributed by atoms with Gasteiger partial charge in [-0.25, -0.2) is 14.6 Å². The molecule has 4 atom stereocenters. The molecule has 1 aromatic heterocycles. The minimum atomic E-state index is -1.02. The summed E-state index contributed by atoms with van der Waals surface area (Å²) in [6.45, 7) is 3.62. The molecule has 6 N–H and O–H groups in total. The molecular weight excluding hydrogens is 364 g/mol. The van der Waals surface area contributed by atoms with Crippen LogP contribution in [0, 0.1) is 5.41 Å². The number of imide groups is 1. The van der Waals surface area contributed by atoms with Crippen molar-refractivity contribution in [3.8, 4) is 0 Å². The van der Waals surface area contributed by atoms with E-state index in [1.807, 2.05) is 0 Å². The number of rotatable bonds is 5. The lowest BCUT2D eigenvalue weighted by molar-refractivity contribution is -0.783. The van der Waals surface area contributed by atoms with Crippen LogP contribution in [0.5, 0.6) is 0 Å². The molecule has 10 heteroatoms. The van der Waals surface area contributed by atoms with Gasteiger partial charge in [-0.1, -0.05) is 13.8 Å². The van der Waals surface area contributed by atoms with Crippen molar-refractivity contribution < 1.29 is 23.7 Å². The van der Waals surface area contributed by atoms with Crippen molar-refractivity contribution in [2.45, 2.75) is 57.7 Å². The molecule has 2 fully saturated rings. The highest BCUT2D eigenvalue weighted by atomic mass is 16.2. The number of quaternary nitrogens is 1. The van der Waals surface area contributed by atoms with Gasteiger partial charge >= 0.3 is 11.8 Å². The number of nitrogens with one attached hydrogen (secondary N) is 2. The molecule has 0 spiro atoms. The highest BCUT2D eigenvalue weighted by Gasteiger charge is 2.61. The predicted octanol–water partition coefficient (Wildman–Crippen LogP) is -1.29. The van der Waals surface area contributed by atoms with Crippen molar-refractivity contribution in [3.05, 3.63) is 18.2 Å². The molecule has 0 aliphatic carbocycles. The Hall–Kier alpha value is -2.59. The fourth-order valence-corrected chi connectivity index (χ4v) is 4.36. The van der Waals surface area contributed by atoms with Gasteiger partial charge in [0.2, 0.25) is 5.91 Å². The van der Waals surface area contributed by atoms with Crippen molar-refractivity contribution in [3.63, 3.8) is 0 Å². The average Bonchev–Trinajstić information content (AvgIpc) is 3.34. The standard InChI is InChI=1S/C18H26N6O4/c1-18(2)7-12(23-17(18)28)16(27)24(5-3-4-13(24)14(20)25)15(26)11(19)6-10-8-21-9-22-10/h8-9,11-13H,3-7,19H2,1-2H3,(H3-,20,21,22,23,25,28)/p+1/t11-,12-,13-,24?/m0/s1. The monoisotopic (exact) mass is 391 g/mol. The molecule has 1 unspecified atom stereocenters. The quantitative estimate of drug-likeness (QED) is 0.457. The first-order valence-corrected chi connectivity index (χ1v) is 9.39. The van der Waals surface area contributed by atoms with Crippen molar-refractivity contribution in [2.24, 2.45) is 16.9 Å². The third-order valence-corrected chi connectivity index (χ3v) is 5.88. The molecule has 0 bridgehead atoms. The Kier molecular flexibility index (Phi) is 5.11. The number of carbonyl (C=O) groups excluding carboxylic acids is 4. The Morgan fingerprint density at radius 1 is 1.39 bits per heavy atom. The lowest BCUT2D eigenvalue weighted by Gasteiger charge is -2.36. The van der Waals surface area contributed by atoms with E-state index in [0.29, 0.717) is 18.5 Å². The summed E-state index contributed by atoms with van der Waals surface area (Å²) in [6, 6.07) is -2.85. The fourth-order valence-electron chi connectivity index (χ4n) is 4.36. The minimum Gasteiger partial charge on any atom is -0.364 e. The summed E-state index contributed by atoms with van der Waals surface area (Å²) in [6.07, 6.45) is 4.24. The van der Waals surface area contributed by atoms with Gasteiger partial charge in [0, 0.05) is 36.6 Å². The lowest BCUT2D eigenvalue weighted by Crippen LogP contribution is -2.70. The van der Waals surface area contributed by atoms with Gasteiger partial charge < -0.3 is 21.8 Å². The highest BCUT2D eigenvalue weighted by Crippen LogP contribution is 2.35. The molecule has 0 saturated carbocycles. The van der Waals surface area contributed by atoms with E-state index in [2.05, 4.69) is 15.3 Å². The van der Waals surface area contributed by atoms with Gasteiger partial charge in [0.1, 0.15) is 12.1 Å². The Labute approximate surface area is 162 Å². The third kappa shape index (κ3) is 3.22. The van der Waals surface area contributed by atoms with Crippen LogP contribution in [0.1, 0.15) is 38.8 Å². The van der Waals surface area contributed by atoms with Crippen molar-refractivity contribution in [1.82, 2.24) is 15.3 Å². The second-order valence-corrected chi connectivity index (χ2v) is 8.33. The van der Waals surface area contributed by atoms with Crippen LogP contribution in [0.25, 0.3) is 0 Å². The third-order valence-electron chi connectivity index (χ3n) is 5.88. The Bertz CT molecular complexity index is 805. The molecule has 1 aromatic rings. The van der Waals surface area contributed by atoms with Gasteiger partial charge in [-0.15, -0.1) is 0 Å². The van der Waals surface area contributed by atoms with Gasteiger partial charge in [0.05, 0.1) is 12.9 Å².